The van der Waals surface area contributed by atoms with Crippen molar-refractivity contribution in [1.29, 1.82) is 0 Å². The molecule has 0 spiro atoms. The second kappa shape index (κ2) is 4.68. The van der Waals surface area contributed by atoms with Gasteiger partial charge < -0.3 is 5.73 Å². The lowest BCUT2D eigenvalue weighted by Gasteiger charge is -2.05. The number of anilines is 1. The number of ketones is 1. The lowest BCUT2D eigenvalue weighted by molar-refractivity contribution is 0.104. The summed E-state index contributed by atoms with van der Waals surface area (Å²) in [6, 6.07) is 12.7. The van der Waals surface area contributed by atoms with Crippen LogP contribution in [0, 0.1) is 0 Å². The number of carbonyl (C=O) groups excluding carboxylic acids is 1. The third-order valence-electron chi connectivity index (χ3n) is 2.99. The summed E-state index contributed by atoms with van der Waals surface area (Å²) in [7, 11) is 0. The maximum Gasteiger partial charge on any atom is 0.194 e. The van der Waals surface area contributed by atoms with Gasteiger partial charge in [0.25, 0.3) is 0 Å². The van der Waals surface area contributed by atoms with Crippen molar-refractivity contribution in [2.75, 3.05) is 5.73 Å². The number of hydrogen-bond donors (Lipinski definition) is 1. The molecule has 0 bridgehead atoms. The van der Waals surface area contributed by atoms with Crippen molar-refractivity contribution >= 4 is 44.5 Å². The molecule has 0 atom stereocenters. The number of hydrogen-bond acceptors (Lipinski definition) is 3. The van der Waals surface area contributed by atoms with E-state index in [2.05, 4.69) is 0 Å². The minimum absolute atomic E-state index is 0.0325. The number of rotatable bonds is 2. The minimum atomic E-state index is -0.0325. The molecular formula is C15H10ClNOS. The summed E-state index contributed by atoms with van der Waals surface area (Å²) in [5, 5.41) is 3.47. The van der Waals surface area contributed by atoms with E-state index in [1.807, 2.05) is 29.6 Å². The van der Waals surface area contributed by atoms with Crippen molar-refractivity contribution in [3.63, 3.8) is 0 Å². The normalized spacial score (nSPS) is 10.8. The van der Waals surface area contributed by atoms with Gasteiger partial charge in [-0.1, -0.05) is 23.7 Å². The lowest BCUT2D eigenvalue weighted by atomic mass is 10.0. The van der Waals surface area contributed by atoms with Crippen LogP contribution in [0.5, 0.6) is 0 Å². The number of thiophene rings is 1. The predicted octanol–water partition coefficient (Wildman–Crippen LogP) is 4.37. The number of benzene rings is 2. The van der Waals surface area contributed by atoms with E-state index in [-0.39, 0.29) is 5.78 Å². The van der Waals surface area contributed by atoms with Gasteiger partial charge in [-0.05, 0) is 41.1 Å². The molecule has 2 aromatic carbocycles. The molecule has 0 unspecified atom stereocenters. The van der Waals surface area contributed by atoms with Crippen molar-refractivity contribution in [3.05, 3.63) is 64.0 Å². The van der Waals surface area contributed by atoms with Gasteiger partial charge >= 0.3 is 0 Å². The summed E-state index contributed by atoms with van der Waals surface area (Å²) >= 11 is 7.53. The second-order valence-electron chi connectivity index (χ2n) is 4.21. The number of nitrogens with two attached hydrogens (primary N) is 1. The third-order valence-corrected chi connectivity index (χ3v) is 4.28. The van der Waals surface area contributed by atoms with Crippen molar-refractivity contribution in [3.8, 4) is 0 Å². The molecule has 94 valence electrons. The minimum Gasteiger partial charge on any atom is -0.398 e. The number of nitrogen functional groups attached to an aromatic ring is 1. The second-order valence-corrected chi connectivity index (χ2v) is 5.53. The van der Waals surface area contributed by atoms with Crippen LogP contribution in [0.1, 0.15) is 15.9 Å². The average molecular weight is 288 g/mol. The first kappa shape index (κ1) is 12.2. The molecule has 4 heteroatoms. The van der Waals surface area contributed by atoms with Gasteiger partial charge in [0.15, 0.2) is 5.78 Å². The zero-order chi connectivity index (χ0) is 13.4. The maximum atomic E-state index is 12.5. The summed E-state index contributed by atoms with van der Waals surface area (Å²) in [5.41, 5.74) is 7.40. The molecule has 0 aliphatic heterocycles. The third kappa shape index (κ3) is 2.11. The van der Waals surface area contributed by atoms with E-state index in [9.17, 15) is 4.79 Å². The quantitative estimate of drug-likeness (QED) is 0.562. The van der Waals surface area contributed by atoms with Crippen LogP contribution in [0.2, 0.25) is 5.02 Å². The van der Waals surface area contributed by atoms with Crippen LogP contribution in [-0.4, -0.2) is 5.78 Å². The highest BCUT2D eigenvalue weighted by Gasteiger charge is 2.14. The summed E-state index contributed by atoms with van der Waals surface area (Å²) in [5.74, 6) is -0.0325. The highest BCUT2D eigenvalue weighted by molar-refractivity contribution is 7.17. The first-order valence-electron chi connectivity index (χ1n) is 5.73. The van der Waals surface area contributed by atoms with Crippen molar-refractivity contribution < 1.29 is 4.79 Å². The highest BCUT2D eigenvalue weighted by Crippen LogP contribution is 2.28. The Morgan fingerprint density at radius 3 is 2.79 bits per heavy atom. The molecule has 3 aromatic rings. The SMILES string of the molecule is Nc1ccc(C(=O)c2cccc3ccsc23)cc1Cl. The number of fused-ring (bicyclic) bond motifs is 1. The number of carbonyl (C=O) groups is 1. The molecule has 0 fully saturated rings. The van der Waals surface area contributed by atoms with Crippen LogP contribution < -0.4 is 5.73 Å². The molecular weight excluding hydrogens is 278 g/mol. The Morgan fingerprint density at radius 2 is 2.00 bits per heavy atom. The fraction of sp³-hybridized carbons (Fsp3) is 0. The van der Waals surface area contributed by atoms with Gasteiger partial charge in [-0.2, -0.15) is 0 Å². The molecule has 0 saturated carbocycles. The molecule has 0 aliphatic carbocycles. The van der Waals surface area contributed by atoms with Gasteiger partial charge in [-0.25, -0.2) is 0 Å². The Balaban J connectivity index is 2.13. The van der Waals surface area contributed by atoms with Gasteiger partial charge in [0.1, 0.15) is 0 Å². The Bertz CT molecular complexity index is 779. The molecule has 1 aromatic heterocycles. The Kier molecular flexibility index (Phi) is 3.01. The van der Waals surface area contributed by atoms with Crippen LogP contribution in [0.3, 0.4) is 0 Å². The fourth-order valence-corrected chi connectivity index (χ4v) is 3.09. The maximum absolute atomic E-state index is 12.5. The molecule has 1 heterocycles. The highest BCUT2D eigenvalue weighted by atomic mass is 35.5. The predicted molar refractivity (Wildman–Crippen MR) is 81.1 cm³/mol. The Morgan fingerprint density at radius 1 is 1.16 bits per heavy atom. The van der Waals surface area contributed by atoms with Crippen molar-refractivity contribution in [2.45, 2.75) is 0 Å². The molecule has 3 rings (SSSR count). The summed E-state index contributed by atoms with van der Waals surface area (Å²) in [6.45, 7) is 0. The van der Waals surface area contributed by atoms with Gasteiger partial charge in [0.05, 0.1) is 10.7 Å². The van der Waals surface area contributed by atoms with E-state index in [1.165, 1.54) is 0 Å². The van der Waals surface area contributed by atoms with Gasteiger partial charge in [0.2, 0.25) is 0 Å². The largest absolute Gasteiger partial charge is 0.398 e. The molecule has 0 aliphatic rings. The number of halogens is 1. The van der Waals surface area contributed by atoms with Crippen molar-refractivity contribution in [1.82, 2.24) is 0 Å². The van der Waals surface area contributed by atoms with E-state index in [4.69, 9.17) is 17.3 Å². The van der Waals surface area contributed by atoms with E-state index >= 15 is 0 Å². The topological polar surface area (TPSA) is 43.1 Å². The van der Waals surface area contributed by atoms with Crippen LogP contribution >= 0.6 is 22.9 Å². The molecule has 2 N–H and O–H groups in total. The fourth-order valence-electron chi connectivity index (χ4n) is 2.00. The van der Waals surface area contributed by atoms with E-state index < -0.39 is 0 Å². The van der Waals surface area contributed by atoms with Crippen LogP contribution in [-0.2, 0) is 0 Å². The summed E-state index contributed by atoms with van der Waals surface area (Å²) in [4.78, 5) is 12.5. The van der Waals surface area contributed by atoms with Crippen LogP contribution in [0.25, 0.3) is 10.1 Å². The van der Waals surface area contributed by atoms with E-state index in [1.54, 1.807) is 29.5 Å². The Labute approximate surface area is 119 Å². The molecule has 0 radical (unpaired) electrons. The van der Waals surface area contributed by atoms with Gasteiger partial charge in [0, 0.05) is 15.8 Å². The van der Waals surface area contributed by atoms with Gasteiger partial charge in [-0.15, -0.1) is 11.3 Å². The average Bonchev–Trinajstić information content (AvgIpc) is 2.89. The molecule has 19 heavy (non-hydrogen) atoms. The smallest absolute Gasteiger partial charge is 0.194 e. The lowest BCUT2D eigenvalue weighted by Crippen LogP contribution is -2.02. The first-order valence-corrected chi connectivity index (χ1v) is 6.98. The Hall–Kier alpha value is -1.84. The van der Waals surface area contributed by atoms with E-state index in [0.29, 0.717) is 21.8 Å². The monoisotopic (exact) mass is 287 g/mol. The van der Waals surface area contributed by atoms with E-state index in [0.717, 1.165) is 10.1 Å². The zero-order valence-corrected chi connectivity index (χ0v) is 11.5. The van der Waals surface area contributed by atoms with Crippen molar-refractivity contribution in [2.24, 2.45) is 0 Å². The zero-order valence-electron chi connectivity index (χ0n) is 9.89. The first-order chi connectivity index (χ1) is 9.16. The molecule has 0 amide bonds. The van der Waals surface area contributed by atoms with Crippen LogP contribution in [0.4, 0.5) is 5.69 Å². The molecule has 0 saturated heterocycles. The summed E-state index contributed by atoms with van der Waals surface area (Å²) in [6.07, 6.45) is 0. The van der Waals surface area contributed by atoms with Gasteiger partial charge in [-0.3, -0.25) is 4.79 Å². The summed E-state index contributed by atoms with van der Waals surface area (Å²) < 4.78 is 1.00. The molecule has 2 nitrogen and oxygen atoms in total. The standard InChI is InChI=1S/C15H10ClNOS/c16-12-8-10(4-5-13(12)17)14(18)11-3-1-2-9-6-7-19-15(9)11/h1-8H,17H2. The van der Waals surface area contributed by atoms with Crippen LogP contribution in [0.15, 0.2) is 47.8 Å².